The first-order valence-electron chi connectivity index (χ1n) is 9.19. The van der Waals surface area contributed by atoms with E-state index in [1.54, 1.807) is 0 Å². The highest BCUT2D eigenvalue weighted by Gasteiger charge is 2.48. The summed E-state index contributed by atoms with van der Waals surface area (Å²) in [7, 11) is 0. The van der Waals surface area contributed by atoms with Crippen molar-refractivity contribution in [1.82, 2.24) is 10.2 Å². The van der Waals surface area contributed by atoms with Crippen LogP contribution in [0, 0.1) is 23.2 Å². The predicted octanol–water partition coefficient (Wildman–Crippen LogP) is 0.657. The molecular weight excluding hydrogens is 338 g/mol. The lowest BCUT2D eigenvalue weighted by Crippen LogP contribution is -2.47. The van der Waals surface area contributed by atoms with Crippen molar-refractivity contribution in [2.75, 3.05) is 13.2 Å². The molecule has 8 nitrogen and oxygen atoms in total. The van der Waals surface area contributed by atoms with Crippen molar-refractivity contribution < 1.29 is 23.9 Å². The topological polar surface area (TPSA) is 117 Å². The second kappa shape index (κ2) is 7.44. The molecule has 3 rings (SSSR count). The summed E-state index contributed by atoms with van der Waals surface area (Å²) in [6.07, 6.45) is 6.10. The zero-order valence-corrected chi connectivity index (χ0v) is 14.7. The number of likely N-dealkylation sites (tertiary alicyclic amines) is 1. The first-order chi connectivity index (χ1) is 12.5. The third-order valence-electron chi connectivity index (χ3n) is 5.63. The summed E-state index contributed by atoms with van der Waals surface area (Å²) in [5.74, 6) is -2.59. The monoisotopic (exact) mass is 361 g/mol. The van der Waals surface area contributed by atoms with Gasteiger partial charge in [0, 0.05) is 0 Å². The fraction of sp³-hybridized carbons (Fsp3) is 0.722. The second-order valence-corrected chi connectivity index (χ2v) is 7.37. The highest BCUT2D eigenvalue weighted by Crippen LogP contribution is 2.37. The van der Waals surface area contributed by atoms with E-state index in [0.29, 0.717) is 25.7 Å². The molecule has 2 saturated carbocycles. The number of nitrogens with one attached hydrogen (secondary N) is 1. The van der Waals surface area contributed by atoms with Crippen molar-refractivity contribution in [2.45, 2.75) is 56.9 Å². The molecule has 0 spiro atoms. The Morgan fingerprint density at radius 1 is 1.12 bits per heavy atom. The van der Waals surface area contributed by atoms with E-state index in [0.717, 1.165) is 30.6 Å². The highest BCUT2D eigenvalue weighted by atomic mass is 16.5. The number of hydrogen-bond donors (Lipinski definition) is 1. The Morgan fingerprint density at radius 2 is 1.69 bits per heavy atom. The average molecular weight is 361 g/mol. The van der Waals surface area contributed by atoms with E-state index >= 15 is 0 Å². The molecule has 2 atom stereocenters. The van der Waals surface area contributed by atoms with Crippen LogP contribution in [0.2, 0.25) is 0 Å². The highest BCUT2D eigenvalue weighted by molar-refractivity contribution is 6.07. The Kier molecular flexibility index (Phi) is 5.25. The van der Waals surface area contributed by atoms with Gasteiger partial charge in [0.1, 0.15) is 12.1 Å². The van der Waals surface area contributed by atoms with Crippen LogP contribution in [-0.4, -0.2) is 47.3 Å². The fourth-order valence-corrected chi connectivity index (χ4v) is 4.25. The number of nitriles is 1. The molecule has 0 bridgehead atoms. The minimum Gasteiger partial charge on any atom is -0.454 e. The molecule has 0 radical (unpaired) electrons. The summed E-state index contributed by atoms with van der Waals surface area (Å²) in [6.45, 7) is -0.979. The van der Waals surface area contributed by atoms with Crippen molar-refractivity contribution in [3.8, 4) is 6.07 Å². The molecule has 0 aromatic heterocycles. The van der Waals surface area contributed by atoms with Gasteiger partial charge in [0.25, 0.3) is 5.91 Å². The van der Waals surface area contributed by atoms with Crippen molar-refractivity contribution in [3.05, 3.63) is 0 Å². The zero-order chi connectivity index (χ0) is 18.7. The number of fused-ring (bicyclic) bond motifs is 1. The molecule has 3 aliphatic rings. The molecular formula is C18H23N3O5. The molecule has 1 heterocycles. The Hall–Kier alpha value is -2.43. The van der Waals surface area contributed by atoms with Crippen LogP contribution >= 0.6 is 0 Å². The van der Waals surface area contributed by atoms with Gasteiger partial charge >= 0.3 is 5.97 Å². The normalized spacial score (nSPS) is 27.0. The molecule has 3 fully saturated rings. The number of esters is 1. The lowest BCUT2D eigenvalue weighted by molar-refractivity contribution is -0.155. The predicted molar refractivity (Wildman–Crippen MR) is 88.1 cm³/mol. The third-order valence-corrected chi connectivity index (χ3v) is 5.63. The molecule has 3 amide bonds. The first kappa shape index (κ1) is 18.4. The van der Waals surface area contributed by atoms with E-state index in [1.807, 2.05) is 0 Å². The van der Waals surface area contributed by atoms with E-state index in [2.05, 4.69) is 11.4 Å². The number of carbonyl (C=O) groups is 4. The molecule has 0 aromatic rings. The lowest BCUT2D eigenvalue weighted by Gasteiger charge is -2.22. The van der Waals surface area contributed by atoms with Crippen LogP contribution in [0.15, 0.2) is 0 Å². The van der Waals surface area contributed by atoms with Gasteiger partial charge in [-0.25, -0.2) is 0 Å². The van der Waals surface area contributed by atoms with E-state index < -0.39 is 30.6 Å². The molecule has 1 aliphatic heterocycles. The number of ether oxygens (including phenoxy) is 1. The van der Waals surface area contributed by atoms with Crippen molar-refractivity contribution in [3.63, 3.8) is 0 Å². The average Bonchev–Trinajstić information content (AvgIpc) is 3.20. The zero-order valence-electron chi connectivity index (χ0n) is 14.7. The maximum absolute atomic E-state index is 12.3. The number of amides is 3. The van der Waals surface area contributed by atoms with Crippen LogP contribution in [0.1, 0.15) is 51.4 Å². The number of carbonyl (C=O) groups excluding carboxylic acids is 4. The summed E-state index contributed by atoms with van der Waals surface area (Å²) < 4.78 is 4.91. The minimum absolute atomic E-state index is 0.310. The number of rotatable bonds is 5. The van der Waals surface area contributed by atoms with Crippen LogP contribution in [0.25, 0.3) is 0 Å². The SMILES string of the molecule is N#CC1(NC(=O)COC(=O)CN2C(=O)C3CCCCC3C2=O)CCCC1. The molecule has 8 heteroatoms. The van der Waals surface area contributed by atoms with Gasteiger partial charge < -0.3 is 10.1 Å². The van der Waals surface area contributed by atoms with Gasteiger partial charge in [-0.3, -0.25) is 24.1 Å². The maximum Gasteiger partial charge on any atom is 0.326 e. The molecule has 0 aromatic carbocycles. The van der Waals surface area contributed by atoms with Gasteiger partial charge in [-0.15, -0.1) is 0 Å². The number of nitrogens with zero attached hydrogens (tertiary/aromatic N) is 2. The molecule has 26 heavy (non-hydrogen) atoms. The maximum atomic E-state index is 12.3. The van der Waals surface area contributed by atoms with Gasteiger partial charge in [-0.05, 0) is 38.5 Å². The molecule has 2 aliphatic carbocycles. The Balaban J connectivity index is 1.48. The van der Waals surface area contributed by atoms with E-state index in [1.165, 1.54) is 0 Å². The van der Waals surface area contributed by atoms with Gasteiger partial charge in [0.2, 0.25) is 11.8 Å². The van der Waals surface area contributed by atoms with Crippen molar-refractivity contribution in [1.29, 1.82) is 5.26 Å². The molecule has 1 N–H and O–H groups in total. The van der Waals surface area contributed by atoms with E-state index in [9.17, 15) is 24.4 Å². The van der Waals surface area contributed by atoms with Crippen molar-refractivity contribution >= 4 is 23.7 Å². The van der Waals surface area contributed by atoms with E-state index in [-0.39, 0.29) is 23.7 Å². The third kappa shape index (κ3) is 3.57. The molecule has 1 saturated heterocycles. The van der Waals surface area contributed by atoms with Crippen LogP contribution in [0.5, 0.6) is 0 Å². The minimum atomic E-state index is -0.875. The van der Waals surface area contributed by atoms with Crippen LogP contribution in [0.3, 0.4) is 0 Å². The van der Waals surface area contributed by atoms with Gasteiger partial charge in [0.15, 0.2) is 6.61 Å². The molecule has 2 unspecified atom stereocenters. The smallest absolute Gasteiger partial charge is 0.326 e. The van der Waals surface area contributed by atoms with Gasteiger partial charge in [-0.2, -0.15) is 5.26 Å². The lowest BCUT2D eigenvalue weighted by atomic mass is 9.81. The van der Waals surface area contributed by atoms with E-state index in [4.69, 9.17) is 4.74 Å². The molecule has 140 valence electrons. The summed E-state index contributed by atoms with van der Waals surface area (Å²) in [5.41, 5.74) is -0.875. The Labute approximate surface area is 151 Å². The summed E-state index contributed by atoms with van der Waals surface area (Å²) in [6, 6.07) is 2.12. The first-order valence-corrected chi connectivity index (χ1v) is 9.19. The fourth-order valence-electron chi connectivity index (χ4n) is 4.25. The number of hydrogen-bond acceptors (Lipinski definition) is 6. The van der Waals surface area contributed by atoms with Crippen LogP contribution in [0.4, 0.5) is 0 Å². The quantitative estimate of drug-likeness (QED) is 0.568. The van der Waals surface area contributed by atoms with Crippen LogP contribution in [-0.2, 0) is 23.9 Å². The Morgan fingerprint density at radius 3 is 2.23 bits per heavy atom. The summed E-state index contributed by atoms with van der Waals surface area (Å²) >= 11 is 0. The largest absolute Gasteiger partial charge is 0.454 e. The Bertz CT molecular complexity index is 638. The van der Waals surface area contributed by atoms with Crippen molar-refractivity contribution in [2.24, 2.45) is 11.8 Å². The second-order valence-electron chi connectivity index (χ2n) is 7.37. The summed E-state index contributed by atoms with van der Waals surface area (Å²) in [4.78, 5) is 49.5. The standard InChI is InChI=1S/C18H23N3O5/c19-11-18(7-3-4-8-18)20-14(22)10-26-15(23)9-21-16(24)12-5-1-2-6-13(12)17(21)25/h12-13H,1-10H2,(H,20,22). The van der Waals surface area contributed by atoms with Gasteiger partial charge in [-0.1, -0.05) is 12.8 Å². The van der Waals surface area contributed by atoms with Gasteiger partial charge in [0.05, 0.1) is 17.9 Å². The number of imide groups is 1. The van der Waals surface area contributed by atoms with Crippen LogP contribution < -0.4 is 5.32 Å². The summed E-state index contributed by atoms with van der Waals surface area (Å²) in [5, 5.41) is 11.9.